The maximum Gasteiger partial charge on any atom is 0.266 e. The smallest absolute Gasteiger partial charge is 0.266 e. The maximum atomic E-state index is 12.4. The molecule has 0 aliphatic carbocycles. The van der Waals surface area contributed by atoms with E-state index in [1.807, 2.05) is 19.9 Å². The molecule has 2 heterocycles. The van der Waals surface area contributed by atoms with Gasteiger partial charge in [-0.25, -0.2) is 9.36 Å². The number of amides is 1. The molecule has 0 radical (unpaired) electrons. The minimum absolute atomic E-state index is 0.235. The van der Waals surface area contributed by atoms with Gasteiger partial charge >= 0.3 is 0 Å². The average Bonchev–Trinajstić information content (AvgIpc) is 3.01. The predicted octanol–water partition coefficient (Wildman–Crippen LogP) is 2.25. The average molecular weight is 446 g/mol. The first-order chi connectivity index (χ1) is 13.4. The van der Waals surface area contributed by atoms with Gasteiger partial charge in [0, 0.05) is 22.8 Å². The number of methoxy groups -OCH3 is 1. The van der Waals surface area contributed by atoms with Gasteiger partial charge in [0.2, 0.25) is 0 Å². The molecule has 8 nitrogen and oxygen atoms in total. The third-order valence-electron chi connectivity index (χ3n) is 4.11. The summed E-state index contributed by atoms with van der Waals surface area (Å²) in [5.74, 6) is 0.865. The molecule has 28 heavy (non-hydrogen) atoms. The van der Waals surface area contributed by atoms with Crippen LogP contribution in [0.4, 0.5) is 0 Å². The van der Waals surface area contributed by atoms with Crippen LogP contribution < -0.4 is 15.6 Å². The largest absolute Gasteiger partial charge is 0.497 e. The number of rotatable bonds is 6. The van der Waals surface area contributed by atoms with Crippen molar-refractivity contribution >= 4 is 21.8 Å². The van der Waals surface area contributed by atoms with Crippen LogP contribution in [0.15, 0.2) is 45.7 Å². The van der Waals surface area contributed by atoms with Crippen molar-refractivity contribution in [1.29, 1.82) is 0 Å². The number of aromatic nitrogens is 4. The van der Waals surface area contributed by atoms with E-state index in [1.165, 1.54) is 10.7 Å². The summed E-state index contributed by atoms with van der Waals surface area (Å²) in [6.07, 6.45) is 0. The van der Waals surface area contributed by atoms with E-state index in [-0.39, 0.29) is 24.6 Å². The molecule has 0 spiro atoms. The molecule has 0 aliphatic rings. The third-order valence-corrected chi connectivity index (χ3v) is 4.80. The van der Waals surface area contributed by atoms with Crippen LogP contribution in [0.2, 0.25) is 0 Å². The van der Waals surface area contributed by atoms with Crippen molar-refractivity contribution < 1.29 is 9.53 Å². The van der Waals surface area contributed by atoms with E-state index in [9.17, 15) is 9.59 Å². The Morgan fingerprint density at radius 1 is 1.18 bits per heavy atom. The lowest BCUT2D eigenvalue weighted by Crippen LogP contribution is -2.32. The van der Waals surface area contributed by atoms with E-state index in [1.54, 1.807) is 36.1 Å². The Morgan fingerprint density at radius 2 is 1.96 bits per heavy atom. The standard InChI is InChI=1S/C19H20BrN5O3/c1-12-10-13(2)25(22-12)17-6-7-18(26)24(23-17)9-8-21-19(27)15-11-14(28-3)4-5-16(15)20/h4-7,10-11H,8-9H2,1-3H3,(H,21,27). The molecular formula is C19H20BrN5O3. The van der Waals surface area contributed by atoms with Gasteiger partial charge in [0.1, 0.15) is 5.75 Å². The molecule has 0 saturated heterocycles. The van der Waals surface area contributed by atoms with Gasteiger partial charge in [0.15, 0.2) is 5.82 Å². The molecular weight excluding hydrogens is 426 g/mol. The number of halogens is 1. The Labute approximate surface area is 170 Å². The molecule has 3 aromatic rings. The van der Waals surface area contributed by atoms with E-state index in [0.717, 1.165) is 11.4 Å². The second kappa shape index (κ2) is 8.39. The molecule has 0 fully saturated rings. The van der Waals surface area contributed by atoms with Gasteiger partial charge in [-0.1, -0.05) is 0 Å². The molecule has 1 aromatic carbocycles. The molecule has 0 aliphatic heterocycles. The van der Waals surface area contributed by atoms with E-state index in [2.05, 4.69) is 31.4 Å². The molecule has 146 valence electrons. The maximum absolute atomic E-state index is 12.4. The second-order valence-corrected chi connectivity index (χ2v) is 7.05. The summed E-state index contributed by atoms with van der Waals surface area (Å²) in [6.45, 7) is 4.30. The van der Waals surface area contributed by atoms with Gasteiger partial charge in [-0.15, -0.1) is 5.10 Å². The van der Waals surface area contributed by atoms with Gasteiger partial charge in [0.05, 0.1) is 24.9 Å². The minimum atomic E-state index is -0.270. The Bertz CT molecular complexity index is 1070. The number of ether oxygens (including phenoxy) is 1. The molecule has 0 atom stereocenters. The summed E-state index contributed by atoms with van der Waals surface area (Å²) < 4.78 is 8.80. The van der Waals surface area contributed by atoms with Gasteiger partial charge in [-0.2, -0.15) is 5.10 Å². The SMILES string of the molecule is COc1ccc(Br)c(C(=O)NCCn2nc(-n3nc(C)cc3C)ccc2=O)c1. The molecule has 9 heteroatoms. The van der Waals surface area contributed by atoms with Crippen molar-refractivity contribution in [3.63, 3.8) is 0 Å². The van der Waals surface area contributed by atoms with Gasteiger partial charge in [-0.3, -0.25) is 9.59 Å². The Balaban J connectivity index is 1.71. The van der Waals surface area contributed by atoms with Crippen LogP contribution in [0.1, 0.15) is 21.7 Å². The van der Waals surface area contributed by atoms with Crippen molar-refractivity contribution in [3.05, 3.63) is 68.2 Å². The summed E-state index contributed by atoms with van der Waals surface area (Å²) in [6, 6.07) is 10.2. The highest BCUT2D eigenvalue weighted by molar-refractivity contribution is 9.10. The highest BCUT2D eigenvalue weighted by atomic mass is 79.9. The molecule has 0 saturated carbocycles. The number of hydrogen-bond donors (Lipinski definition) is 1. The number of nitrogens with one attached hydrogen (secondary N) is 1. The topological polar surface area (TPSA) is 91.0 Å². The lowest BCUT2D eigenvalue weighted by atomic mass is 10.2. The highest BCUT2D eigenvalue weighted by Crippen LogP contribution is 2.22. The number of hydrogen-bond acceptors (Lipinski definition) is 5. The molecule has 3 rings (SSSR count). The monoisotopic (exact) mass is 445 g/mol. The zero-order chi connectivity index (χ0) is 20.3. The minimum Gasteiger partial charge on any atom is -0.497 e. The first kappa shape index (κ1) is 19.8. The quantitative estimate of drug-likeness (QED) is 0.628. The second-order valence-electron chi connectivity index (χ2n) is 6.19. The summed E-state index contributed by atoms with van der Waals surface area (Å²) in [5.41, 5.74) is 2.00. The van der Waals surface area contributed by atoms with Crippen LogP contribution in [0.3, 0.4) is 0 Å². The fourth-order valence-electron chi connectivity index (χ4n) is 2.75. The Hall–Kier alpha value is -2.94. The van der Waals surface area contributed by atoms with E-state index >= 15 is 0 Å². The lowest BCUT2D eigenvalue weighted by molar-refractivity contribution is 0.0950. The molecule has 0 unspecified atom stereocenters. The number of aryl methyl sites for hydroxylation is 2. The van der Waals surface area contributed by atoms with Crippen LogP contribution in [0, 0.1) is 13.8 Å². The van der Waals surface area contributed by atoms with Crippen molar-refractivity contribution in [1.82, 2.24) is 24.9 Å². The van der Waals surface area contributed by atoms with E-state index in [4.69, 9.17) is 4.74 Å². The van der Waals surface area contributed by atoms with Crippen LogP contribution in [0.25, 0.3) is 5.82 Å². The summed E-state index contributed by atoms with van der Waals surface area (Å²) in [4.78, 5) is 24.5. The van der Waals surface area contributed by atoms with Crippen LogP contribution in [0.5, 0.6) is 5.75 Å². The third kappa shape index (κ3) is 4.30. The number of benzene rings is 1. The molecule has 2 aromatic heterocycles. The molecule has 0 bridgehead atoms. The zero-order valence-electron chi connectivity index (χ0n) is 15.8. The first-order valence-electron chi connectivity index (χ1n) is 8.62. The fraction of sp³-hybridized carbons (Fsp3) is 0.263. The van der Waals surface area contributed by atoms with E-state index in [0.29, 0.717) is 21.6 Å². The zero-order valence-corrected chi connectivity index (χ0v) is 17.4. The van der Waals surface area contributed by atoms with Crippen molar-refractivity contribution in [3.8, 4) is 11.6 Å². The molecule has 1 amide bonds. The van der Waals surface area contributed by atoms with Gasteiger partial charge < -0.3 is 10.1 Å². The van der Waals surface area contributed by atoms with Crippen LogP contribution in [-0.4, -0.2) is 39.1 Å². The lowest BCUT2D eigenvalue weighted by Gasteiger charge is -2.10. The van der Waals surface area contributed by atoms with Crippen molar-refractivity contribution in [2.24, 2.45) is 0 Å². The van der Waals surface area contributed by atoms with Gasteiger partial charge in [0.25, 0.3) is 11.5 Å². The number of nitrogens with zero attached hydrogens (tertiary/aromatic N) is 4. The number of carbonyl (C=O) groups excluding carboxylic acids is 1. The molecule has 1 N–H and O–H groups in total. The Kier molecular flexibility index (Phi) is 5.93. The summed E-state index contributed by atoms with van der Waals surface area (Å²) in [7, 11) is 1.54. The van der Waals surface area contributed by atoms with Crippen LogP contribution in [-0.2, 0) is 6.54 Å². The van der Waals surface area contributed by atoms with Gasteiger partial charge in [-0.05, 0) is 60.1 Å². The van der Waals surface area contributed by atoms with Crippen molar-refractivity contribution in [2.45, 2.75) is 20.4 Å². The first-order valence-corrected chi connectivity index (χ1v) is 9.42. The van der Waals surface area contributed by atoms with Crippen molar-refractivity contribution in [2.75, 3.05) is 13.7 Å². The predicted molar refractivity (Wildman–Crippen MR) is 108 cm³/mol. The summed E-state index contributed by atoms with van der Waals surface area (Å²) in [5, 5.41) is 11.5. The van der Waals surface area contributed by atoms with Crippen LogP contribution >= 0.6 is 15.9 Å². The van der Waals surface area contributed by atoms with E-state index < -0.39 is 0 Å². The summed E-state index contributed by atoms with van der Waals surface area (Å²) >= 11 is 3.36. The highest BCUT2D eigenvalue weighted by Gasteiger charge is 2.12. The number of carbonyl (C=O) groups is 1. The normalized spacial score (nSPS) is 10.7. The fourth-order valence-corrected chi connectivity index (χ4v) is 3.17. The Morgan fingerprint density at radius 3 is 2.64 bits per heavy atom.